The molecule has 1 aliphatic carbocycles. The monoisotopic (exact) mass is 418 g/mol. The normalized spacial score (nSPS) is 19.5. The maximum atomic E-state index is 12.4. The maximum absolute atomic E-state index is 12.4. The molecule has 0 radical (unpaired) electrons. The molecule has 2 aromatic rings. The second kappa shape index (κ2) is 9.98. The first-order chi connectivity index (χ1) is 14.0. The largest absolute Gasteiger partial charge is 0.493 e. The highest BCUT2D eigenvalue weighted by Crippen LogP contribution is 2.32. The van der Waals surface area contributed by atoms with Gasteiger partial charge >= 0.3 is 0 Å². The molecule has 0 spiro atoms. The van der Waals surface area contributed by atoms with Crippen LogP contribution in [0.25, 0.3) is 0 Å². The highest BCUT2D eigenvalue weighted by atomic mass is 32.2. The van der Waals surface area contributed by atoms with Gasteiger partial charge in [-0.1, -0.05) is 18.2 Å². The molecule has 7 heteroatoms. The van der Waals surface area contributed by atoms with Gasteiger partial charge in [0.25, 0.3) is 0 Å². The average molecular weight is 419 g/mol. The summed E-state index contributed by atoms with van der Waals surface area (Å²) < 4.78 is 38.1. The van der Waals surface area contributed by atoms with E-state index in [1.807, 2.05) is 24.3 Å². The van der Waals surface area contributed by atoms with E-state index in [0.717, 1.165) is 43.7 Å². The van der Waals surface area contributed by atoms with Crippen LogP contribution in [0.3, 0.4) is 0 Å². The van der Waals surface area contributed by atoms with Gasteiger partial charge in [-0.25, -0.2) is 13.1 Å². The van der Waals surface area contributed by atoms with E-state index >= 15 is 0 Å². The Morgan fingerprint density at radius 2 is 1.48 bits per heavy atom. The summed E-state index contributed by atoms with van der Waals surface area (Å²) in [7, 11) is -0.154. The predicted octanol–water partition coefficient (Wildman–Crippen LogP) is 3.90. The van der Waals surface area contributed by atoms with Crippen molar-refractivity contribution in [3.8, 4) is 11.5 Å². The van der Waals surface area contributed by atoms with Crippen LogP contribution in [0.4, 0.5) is 5.69 Å². The molecule has 1 fully saturated rings. The van der Waals surface area contributed by atoms with Crippen LogP contribution in [-0.4, -0.2) is 35.7 Å². The Morgan fingerprint density at radius 3 is 2.10 bits per heavy atom. The Balaban J connectivity index is 1.43. The van der Waals surface area contributed by atoms with Crippen molar-refractivity contribution < 1.29 is 17.9 Å². The van der Waals surface area contributed by atoms with Crippen LogP contribution in [0, 0.1) is 11.8 Å². The third-order valence-electron chi connectivity index (χ3n) is 5.56. The standard InChI is InChI=1S/C22H30N2O4S/c1-27-21-13-12-19(14-22(21)28-2)23-15-17-8-10-18(11-9-17)16-24-29(25,26)20-6-4-3-5-7-20/h3-7,12-14,17-18,23-24H,8-11,15-16H2,1-2H3. The SMILES string of the molecule is COc1ccc(NCC2CCC(CNS(=O)(=O)c3ccccc3)CC2)cc1OC. The summed E-state index contributed by atoms with van der Waals surface area (Å²) >= 11 is 0. The smallest absolute Gasteiger partial charge is 0.240 e. The van der Waals surface area contributed by atoms with Gasteiger partial charge in [0.05, 0.1) is 19.1 Å². The molecule has 0 amide bonds. The van der Waals surface area contributed by atoms with E-state index in [9.17, 15) is 8.42 Å². The van der Waals surface area contributed by atoms with Gasteiger partial charge in [0.1, 0.15) is 0 Å². The van der Waals surface area contributed by atoms with Gasteiger partial charge in [0, 0.05) is 24.8 Å². The number of hydrogen-bond donors (Lipinski definition) is 2. The van der Waals surface area contributed by atoms with Gasteiger partial charge in [-0.15, -0.1) is 0 Å². The first-order valence-corrected chi connectivity index (χ1v) is 11.5. The number of rotatable bonds is 9. The molecule has 158 valence electrons. The molecule has 29 heavy (non-hydrogen) atoms. The molecule has 1 aliphatic rings. The second-order valence-electron chi connectivity index (χ2n) is 7.50. The van der Waals surface area contributed by atoms with Crippen LogP contribution in [0.15, 0.2) is 53.4 Å². The van der Waals surface area contributed by atoms with Crippen LogP contribution in [-0.2, 0) is 10.0 Å². The molecule has 0 aromatic heterocycles. The van der Waals surface area contributed by atoms with Crippen LogP contribution in [0.1, 0.15) is 25.7 Å². The fraction of sp³-hybridized carbons (Fsp3) is 0.455. The lowest BCUT2D eigenvalue weighted by molar-refractivity contribution is 0.284. The lowest BCUT2D eigenvalue weighted by atomic mass is 9.82. The van der Waals surface area contributed by atoms with E-state index in [2.05, 4.69) is 10.0 Å². The zero-order valence-electron chi connectivity index (χ0n) is 17.1. The summed E-state index contributed by atoms with van der Waals surface area (Å²) in [4.78, 5) is 0.327. The molecule has 2 N–H and O–H groups in total. The summed E-state index contributed by atoms with van der Waals surface area (Å²) in [5, 5.41) is 3.49. The van der Waals surface area contributed by atoms with Gasteiger partial charge in [-0.05, 0) is 61.8 Å². The quantitative estimate of drug-likeness (QED) is 0.646. The van der Waals surface area contributed by atoms with Crippen molar-refractivity contribution in [2.75, 3.05) is 32.6 Å². The first-order valence-electron chi connectivity index (χ1n) is 10.0. The molecular weight excluding hydrogens is 388 g/mol. The van der Waals surface area contributed by atoms with Crippen molar-refractivity contribution >= 4 is 15.7 Å². The Hall–Kier alpha value is -2.25. The Morgan fingerprint density at radius 1 is 0.862 bits per heavy atom. The number of anilines is 1. The summed E-state index contributed by atoms with van der Waals surface area (Å²) in [6.45, 7) is 1.41. The molecule has 0 unspecified atom stereocenters. The van der Waals surface area contributed by atoms with E-state index in [1.165, 1.54) is 0 Å². The minimum atomic E-state index is -3.42. The molecule has 6 nitrogen and oxygen atoms in total. The van der Waals surface area contributed by atoms with Gasteiger partial charge < -0.3 is 14.8 Å². The van der Waals surface area contributed by atoms with Crippen molar-refractivity contribution in [2.24, 2.45) is 11.8 Å². The number of nitrogens with one attached hydrogen (secondary N) is 2. The van der Waals surface area contributed by atoms with Gasteiger partial charge in [-0.2, -0.15) is 0 Å². The van der Waals surface area contributed by atoms with E-state index < -0.39 is 10.0 Å². The fourth-order valence-electron chi connectivity index (χ4n) is 3.76. The fourth-order valence-corrected chi connectivity index (χ4v) is 4.90. The summed E-state index contributed by atoms with van der Waals surface area (Å²) in [5.41, 5.74) is 1.01. The molecule has 2 aromatic carbocycles. The van der Waals surface area contributed by atoms with Crippen molar-refractivity contribution in [1.29, 1.82) is 0 Å². The van der Waals surface area contributed by atoms with Crippen LogP contribution in [0.5, 0.6) is 11.5 Å². The molecule has 0 aliphatic heterocycles. The zero-order chi connectivity index (χ0) is 20.7. The molecule has 0 saturated heterocycles. The minimum absolute atomic E-state index is 0.327. The summed E-state index contributed by atoms with van der Waals surface area (Å²) in [6.07, 6.45) is 4.27. The Bertz CT molecular complexity index is 879. The molecule has 3 rings (SSSR count). The van der Waals surface area contributed by atoms with Gasteiger partial charge in [0.2, 0.25) is 10.0 Å². The Kier molecular flexibility index (Phi) is 7.39. The maximum Gasteiger partial charge on any atom is 0.240 e. The number of methoxy groups -OCH3 is 2. The van der Waals surface area contributed by atoms with Crippen LogP contribution >= 0.6 is 0 Å². The van der Waals surface area contributed by atoms with E-state index in [0.29, 0.717) is 29.0 Å². The number of benzene rings is 2. The number of hydrogen-bond acceptors (Lipinski definition) is 5. The first kappa shape index (κ1) is 21.5. The minimum Gasteiger partial charge on any atom is -0.493 e. The van der Waals surface area contributed by atoms with E-state index in [4.69, 9.17) is 9.47 Å². The molecule has 1 saturated carbocycles. The van der Waals surface area contributed by atoms with Crippen LogP contribution in [0.2, 0.25) is 0 Å². The third kappa shape index (κ3) is 5.87. The predicted molar refractivity (Wildman–Crippen MR) is 115 cm³/mol. The van der Waals surface area contributed by atoms with Crippen molar-refractivity contribution in [2.45, 2.75) is 30.6 Å². The Labute approximate surface area is 173 Å². The van der Waals surface area contributed by atoms with Crippen molar-refractivity contribution in [3.63, 3.8) is 0 Å². The van der Waals surface area contributed by atoms with Crippen molar-refractivity contribution in [3.05, 3.63) is 48.5 Å². The molecule has 0 heterocycles. The molecular formula is C22H30N2O4S. The summed E-state index contributed by atoms with van der Waals surface area (Å²) in [5.74, 6) is 2.42. The second-order valence-corrected chi connectivity index (χ2v) is 9.27. The molecule has 0 atom stereocenters. The average Bonchev–Trinajstić information content (AvgIpc) is 2.77. The zero-order valence-corrected chi connectivity index (χ0v) is 17.9. The topological polar surface area (TPSA) is 76.7 Å². The third-order valence-corrected chi connectivity index (χ3v) is 7.00. The lowest BCUT2D eigenvalue weighted by Crippen LogP contribution is -2.32. The summed E-state index contributed by atoms with van der Waals surface area (Å²) in [6, 6.07) is 14.4. The van der Waals surface area contributed by atoms with Gasteiger partial charge in [0.15, 0.2) is 11.5 Å². The number of sulfonamides is 1. The van der Waals surface area contributed by atoms with E-state index in [1.54, 1.807) is 38.5 Å². The number of ether oxygens (including phenoxy) is 2. The van der Waals surface area contributed by atoms with Crippen LogP contribution < -0.4 is 19.5 Å². The highest BCUT2D eigenvalue weighted by molar-refractivity contribution is 7.89. The van der Waals surface area contributed by atoms with E-state index in [-0.39, 0.29) is 0 Å². The van der Waals surface area contributed by atoms with Crippen molar-refractivity contribution in [1.82, 2.24) is 4.72 Å². The van der Waals surface area contributed by atoms with Gasteiger partial charge in [-0.3, -0.25) is 0 Å². The lowest BCUT2D eigenvalue weighted by Gasteiger charge is -2.29. The highest BCUT2D eigenvalue weighted by Gasteiger charge is 2.23. The molecule has 0 bridgehead atoms.